The van der Waals surface area contributed by atoms with Gasteiger partial charge in [0.1, 0.15) is 11.9 Å². The van der Waals surface area contributed by atoms with Crippen molar-refractivity contribution in [3.63, 3.8) is 0 Å². The first-order chi connectivity index (χ1) is 16.2. The number of fused-ring (bicyclic) bond motifs is 1. The molecule has 0 fully saturated rings. The molecule has 4 rings (SSSR count). The second-order valence-electron chi connectivity index (χ2n) is 7.79. The largest absolute Gasteiger partial charge is 0.478 e. The van der Waals surface area contributed by atoms with Crippen LogP contribution in [0.25, 0.3) is 22.2 Å². The van der Waals surface area contributed by atoms with Gasteiger partial charge < -0.3 is 15.4 Å². The molecule has 0 saturated heterocycles. The molecule has 0 atom stereocenters. The smallest absolute Gasteiger partial charge is 0.401 e. The van der Waals surface area contributed by atoms with E-state index in [0.717, 1.165) is 27.6 Å². The molecule has 0 spiro atoms. The molecule has 0 amide bonds. The molecule has 0 aliphatic heterocycles. The van der Waals surface area contributed by atoms with Gasteiger partial charge in [-0.15, -0.1) is 0 Å². The zero-order valence-corrected chi connectivity index (χ0v) is 18.8. The van der Waals surface area contributed by atoms with Crippen molar-refractivity contribution >= 4 is 16.9 Å². The van der Waals surface area contributed by atoms with Gasteiger partial charge in [0.2, 0.25) is 0 Å². The van der Waals surface area contributed by atoms with Gasteiger partial charge in [-0.3, -0.25) is 0 Å². The summed E-state index contributed by atoms with van der Waals surface area (Å²) in [6.07, 6.45) is 0.969. The summed E-state index contributed by atoms with van der Waals surface area (Å²) in [6, 6.07) is 13.5. The van der Waals surface area contributed by atoms with Gasteiger partial charge in [0, 0.05) is 28.9 Å². The first-order valence-corrected chi connectivity index (χ1v) is 10.6. The molecule has 9 heteroatoms. The fourth-order valence-corrected chi connectivity index (χ4v) is 3.40. The van der Waals surface area contributed by atoms with Crippen molar-refractivity contribution in [2.45, 2.75) is 26.4 Å². The number of hydrogen-bond donors (Lipinski definition) is 3. The summed E-state index contributed by atoms with van der Waals surface area (Å²) >= 11 is 0. The number of aromatic carboxylic acids is 1. The normalized spacial score (nSPS) is 11.2. The summed E-state index contributed by atoms with van der Waals surface area (Å²) in [5.74, 6) is -1.01. The lowest BCUT2D eigenvalue weighted by Crippen LogP contribution is -2.30. The number of halogens is 3. The lowest BCUT2D eigenvalue weighted by molar-refractivity contribution is -0.124. The molecule has 0 aliphatic rings. The number of aryl methyl sites for hydroxylation is 2. The molecule has 178 valence electrons. The van der Waals surface area contributed by atoms with Crippen molar-refractivity contribution in [1.82, 2.24) is 20.3 Å². The Morgan fingerprint density at radius 3 is 2.59 bits per heavy atom. The maximum Gasteiger partial charge on any atom is 0.401 e. The third-order valence-electron chi connectivity index (χ3n) is 5.29. The van der Waals surface area contributed by atoms with Crippen LogP contribution in [-0.4, -0.2) is 45.3 Å². The minimum absolute atomic E-state index is 0.121. The van der Waals surface area contributed by atoms with Crippen molar-refractivity contribution < 1.29 is 23.1 Å². The SMILES string of the molecule is Cc1ccc(-c2ncncc2C(=O)O)cc1C.FC(F)(F)CNCCc1c[nH]c2ccccc12. The van der Waals surface area contributed by atoms with Gasteiger partial charge in [0.05, 0.1) is 12.2 Å². The fraction of sp³-hybridized carbons (Fsp3) is 0.240. The van der Waals surface area contributed by atoms with E-state index in [1.165, 1.54) is 18.1 Å². The predicted octanol–water partition coefficient (Wildman–Crippen LogP) is 5.32. The van der Waals surface area contributed by atoms with Gasteiger partial charge in [-0.25, -0.2) is 14.8 Å². The molecular weight excluding hydrogens is 445 g/mol. The minimum atomic E-state index is -4.14. The number of hydrogen-bond acceptors (Lipinski definition) is 4. The van der Waals surface area contributed by atoms with Crippen LogP contribution < -0.4 is 5.32 Å². The number of carbonyl (C=O) groups is 1. The number of alkyl halides is 3. The molecule has 2 aromatic carbocycles. The first-order valence-electron chi connectivity index (χ1n) is 10.6. The van der Waals surface area contributed by atoms with E-state index in [9.17, 15) is 18.0 Å². The van der Waals surface area contributed by atoms with Gasteiger partial charge in [-0.2, -0.15) is 13.2 Å². The van der Waals surface area contributed by atoms with Crippen LogP contribution in [-0.2, 0) is 6.42 Å². The van der Waals surface area contributed by atoms with E-state index in [0.29, 0.717) is 18.7 Å². The molecule has 0 unspecified atom stereocenters. The topological polar surface area (TPSA) is 90.9 Å². The second-order valence-corrected chi connectivity index (χ2v) is 7.79. The summed E-state index contributed by atoms with van der Waals surface area (Å²) in [7, 11) is 0. The van der Waals surface area contributed by atoms with Crippen LogP contribution in [0.3, 0.4) is 0 Å². The summed E-state index contributed by atoms with van der Waals surface area (Å²) < 4.78 is 35.7. The number of benzene rings is 2. The number of nitrogens with one attached hydrogen (secondary N) is 2. The molecule has 2 aromatic heterocycles. The Hall–Kier alpha value is -3.72. The highest BCUT2D eigenvalue weighted by Gasteiger charge is 2.25. The van der Waals surface area contributed by atoms with Gasteiger partial charge in [0.25, 0.3) is 0 Å². The average molecular weight is 470 g/mol. The quantitative estimate of drug-likeness (QED) is 0.332. The van der Waals surface area contributed by atoms with Crippen molar-refractivity contribution in [1.29, 1.82) is 0 Å². The molecular formula is C25H25F3N4O2. The fourth-order valence-electron chi connectivity index (χ4n) is 3.40. The van der Waals surface area contributed by atoms with Crippen LogP contribution >= 0.6 is 0 Å². The lowest BCUT2D eigenvalue weighted by atomic mass is 10.0. The summed E-state index contributed by atoms with van der Waals surface area (Å²) in [4.78, 5) is 22.0. The van der Waals surface area contributed by atoms with Crippen LogP contribution in [0.2, 0.25) is 0 Å². The first kappa shape index (κ1) is 24.9. The van der Waals surface area contributed by atoms with Gasteiger partial charge in [-0.1, -0.05) is 30.3 Å². The maximum atomic E-state index is 11.9. The van der Waals surface area contributed by atoms with Crippen molar-refractivity contribution in [2.75, 3.05) is 13.1 Å². The summed E-state index contributed by atoms with van der Waals surface area (Å²) in [6.45, 7) is 3.38. The van der Waals surface area contributed by atoms with Gasteiger partial charge in [0.15, 0.2) is 0 Å². The van der Waals surface area contributed by atoms with E-state index in [1.54, 1.807) is 0 Å². The van der Waals surface area contributed by atoms with Crippen LogP contribution in [0.1, 0.15) is 27.0 Å². The van der Waals surface area contributed by atoms with E-state index in [4.69, 9.17) is 5.11 Å². The lowest BCUT2D eigenvalue weighted by Gasteiger charge is -2.07. The standard InChI is InChI=1S/C13H12N2O2.C12H13F3N2/c1-8-3-4-10(5-9(8)2)12-11(13(16)17)6-14-7-15-12;13-12(14,15)8-16-6-5-9-7-17-11-4-2-1-3-10(9)11/h3-7H,1-2H3,(H,16,17);1-4,7,16-17H,5-6,8H2. The third-order valence-corrected chi connectivity index (χ3v) is 5.29. The van der Waals surface area contributed by atoms with E-state index >= 15 is 0 Å². The number of rotatable bonds is 6. The zero-order chi connectivity index (χ0) is 24.7. The van der Waals surface area contributed by atoms with Gasteiger partial charge >= 0.3 is 12.1 Å². The molecule has 3 N–H and O–H groups in total. The van der Waals surface area contributed by atoms with E-state index in [1.807, 2.05) is 62.5 Å². The number of aromatic nitrogens is 3. The number of H-pyrrole nitrogens is 1. The Kier molecular flexibility index (Phi) is 8.01. The molecule has 0 bridgehead atoms. The highest BCUT2D eigenvalue weighted by molar-refractivity contribution is 5.94. The van der Waals surface area contributed by atoms with Gasteiger partial charge in [-0.05, 0) is 55.6 Å². The van der Waals surface area contributed by atoms with E-state index in [-0.39, 0.29) is 5.56 Å². The van der Waals surface area contributed by atoms with Crippen molar-refractivity contribution in [3.8, 4) is 11.3 Å². The van der Waals surface area contributed by atoms with Crippen molar-refractivity contribution in [2.24, 2.45) is 0 Å². The van der Waals surface area contributed by atoms with Crippen molar-refractivity contribution in [3.05, 3.63) is 83.4 Å². The number of para-hydroxylation sites is 1. The predicted molar refractivity (Wildman–Crippen MR) is 125 cm³/mol. The number of carboxylic acid groups (broad SMARTS) is 1. The van der Waals surface area contributed by atoms with Crippen LogP contribution in [0.4, 0.5) is 13.2 Å². The number of carboxylic acids is 1. The maximum absolute atomic E-state index is 11.9. The number of aromatic amines is 1. The molecule has 0 radical (unpaired) electrons. The minimum Gasteiger partial charge on any atom is -0.478 e. The second kappa shape index (κ2) is 10.9. The summed E-state index contributed by atoms with van der Waals surface area (Å²) in [5.41, 5.74) is 5.70. The monoisotopic (exact) mass is 470 g/mol. The van der Waals surface area contributed by atoms with Crippen LogP contribution in [0.15, 0.2) is 61.2 Å². The highest BCUT2D eigenvalue weighted by Crippen LogP contribution is 2.23. The Bertz CT molecular complexity index is 1270. The van der Waals surface area contributed by atoms with E-state index in [2.05, 4.69) is 20.3 Å². The molecule has 4 aromatic rings. The van der Waals surface area contributed by atoms with E-state index < -0.39 is 18.7 Å². The van der Waals surface area contributed by atoms with Crippen LogP contribution in [0, 0.1) is 13.8 Å². The molecule has 0 saturated carbocycles. The molecule has 2 heterocycles. The Morgan fingerprint density at radius 1 is 1.12 bits per heavy atom. The number of nitrogens with zero attached hydrogens (tertiary/aromatic N) is 2. The Morgan fingerprint density at radius 2 is 1.88 bits per heavy atom. The zero-order valence-electron chi connectivity index (χ0n) is 18.8. The summed E-state index contributed by atoms with van der Waals surface area (Å²) in [5, 5.41) is 12.5. The van der Waals surface area contributed by atoms with Crippen LogP contribution in [0.5, 0.6) is 0 Å². The average Bonchev–Trinajstić information content (AvgIpc) is 3.21. The third kappa shape index (κ3) is 6.64. The highest BCUT2D eigenvalue weighted by atomic mass is 19.4. The Labute approximate surface area is 194 Å². The molecule has 34 heavy (non-hydrogen) atoms. The molecule has 6 nitrogen and oxygen atoms in total. The molecule has 0 aliphatic carbocycles. The Balaban J connectivity index is 0.000000191.